The van der Waals surface area contributed by atoms with Gasteiger partial charge < -0.3 is 20.8 Å². The van der Waals surface area contributed by atoms with Crippen LogP contribution in [0.3, 0.4) is 0 Å². The first kappa shape index (κ1) is 15.3. The van der Waals surface area contributed by atoms with Crippen molar-refractivity contribution in [3.63, 3.8) is 0 Å². The summed E-state index contributed by atoms with van der Waals surface area (Å²) < 4.78 is 7.20. The van der Waals surface area contributed by atoms with E-state index < -0.39 is 11.5 Å². The Kier molecular flexibility index (Phi) is 4.18. The van der Waals surface area contributed by atoms with Gasteiger partial charge in [0.2, 0.25) is 5.95 Å². The molecular weight excluding hydrogens is 268 g/mol. The summed E-state index contributed by atoms with van der Waals surface area (Å²) in [5, 5.41) is 0. The maximum Gasteiger partial charge on any atom is 0.312 e. The van der Waals surface area contributed by atoms with Crippen molar-refractivity contribution in [3.05, 3.63) is 24.3 Å². The van der Waals surface area contributed by atoms with Crippen molar-refractivity contribution in [3.8, 4) is 0 Å². The number of nitrogens with two attached hydrogens (primary N) is 2. The van der Waals surface area contributed by atoms with E-state index >= 15 is 0 Å². The Morgan fingerprint density at radius 1 is 1.38 bits per heavy atom. The molecule has 4 N–H and O–H groups in total. The van der Waals surface area contributed by atoms with E-state index in [0.717, 1.165) is 11.0 Å². The third-order valence-electron chi connectivity index (χ3n) is 3.11. The number of aromatic nitrogens is 2. The number of anilines is 1. The number of esters is 1. The molecule has 0 aliphatic carbocycles. The average Bonchev–Trinajstić information content (AvgIpc) is 2.69. The first-order chi connectivity index (χ1) is 9.81. The molecule has 1 aromatic heterocycles. The van der Waals surface area contributed by atoms with E-state index in [-0.39, 0.29) is 12.5 Å². The molecule has 0 spiro atoms. The number of hydrogen-bond acceptors (Lipinski definition) is 5. The summed E-state index contributed by atoms with van der Waals surface area (Å²) in [4.78, 5) is 16.5. The van der Waals surface area contributed by atoms with Crippen LogP contribution in [-0.2, 0) is 16.1 Å². The van der Waals surface area contributed by atoms with Crippen molar-refractivity contribution < 1.29 is 9.53 Å². The lowest BCUT2D eigenvalue weighted by molar-refractivity contribution is -0.160. The van der Waals surface area contributed by atoms with E-state index in [1.807, 2.05) is 45.0 Å². The first-order valence-corrected chi connectivity index (χ1v) is 6.95. The molecule has 0 amide bonds. The fraction of sp³-hybridized carbons (Fsp3) is 0.467. The number of ether oxygens (including phenoxy) is 1. The van der Waals surface area contributed by atoms with Crippen LogP contribution in [0.15, 0.2) is 24.3 Å². The zero-order valence-corrected chi connectivity index (χ0v) is 12.7. The first-order valence-electron chi connectivity index (χ1n) is 6.95. The number of fused-ring (bicyclic) bond motifs is 1. The van der Waals surface area contributed by atoms with Crippen molar-refractivity contribution in [1.82, 2.24) is 9.55 Å². The third-order valence-corrected chi connectivity index (χ3v) is 3.11. The molecule has 21 heavy (non-hydrogen) atoms. The molecule has 0 aliphatic rings. The second-order valence-electron chi connectivity index (χ2n) is 6.04. The molecule has 6 heteroatoms. The number of imidazole rings is 1. The van der Waals surface area contributed by atoms with Gasteiger partial charge in [0.05, 0.1) is 17.0 Å². The predicted molar refractivity (Wildman–Crippen MR) is 82.5 cm³/mol. The van der Waals surface area contributed by atoms with Crippen LogP contribution < -0.4 is 11.5 Å². The highest BCUT2D eigenvalue weighted by Crippen LogP contribution is 2.20. The number of para-hydroxylation sites is 2. The van der Waals surface area contributed by atoms with Crippen molar-refractivity contribution in [2.24, 2.45) is 11.7 Å². The lowest BCUT2D eigenvalue weighted by atomic mass is 10.1. The maximum atomic E-state index is 12.2. The minimum absolute atomic E-state index is 0.195. The van der Waals surface area contributed by atoms with Crippen LogP contribution in [0, 0.1) is 5.92 Å². The quantitative estimate of drug-likeness (QED) is 0.832. The van der Waals surface area contributed by atoms with Crippen LogP contribution >= 0.6 is 0 Å². The molecule has 0 aliphatic heterocycles. The minimum Gasteiger partial charge on any atom is -0.460 e. The van der Waals surface area contributed by atoms with Gasteiger partial charge in [-0.3, -0.25) is 4.79 Å². The summed E-state index contributed by atoms with van der Waals surface area (Å²) in [7, 11) is 0. The maximum absolute atomic E-state index is 12.2. The van der Waals surface area contributed by atoms with Gasteiger partial charge in [0.15, 0.2) is 0 Å². The van der Waals surface area contributed by atoms with E-state index in [0.29, 0.717) is 12.5 Å². The number of nitrogens with zero attached hydrogens (tertiary/aromatic N) is 2. The van der Waals surface area contributed by atoms with Crippen LogP contribution in [-0.4, -0.2) is 27.7 Å². The Labute approximate surface area is 124 Å². The summed E-state index contributed by atoms with van der Waals surface area (Å²) in [6.45, 7) is 6.05. The van der Waals surface area contributed by atoms with Gasteiger partial charge in [-0.05, 0) is 32.9 Å². The number of rotatable bonds is 4. The van der Waals surface area contributed by atoms with Crippen LogP contribution in [0.2, 0.25) is 0 Å². The summed E-state index contributed by atoms with van der Waals surface area (Å²) >= 11 is 0. The molecule has 0 saturated heterocycles. The molecule has 0 saturated carbocycles. The number of hydrogen-bond donors (Lipinski definition) is 2. The fourth-order valence-electron chi connectivity index (χ4n) is 2.14. The number of carbonyl (C=O) groups is 1. The highest BCUT2D eigenvalue weighted by molar-refractivity contribution is 5.79. The van der Waals surface area contributed by atoms with E-state index in [1.54, 1.807) is 4.57 Å². The summed E-state index contributed by atoms with van der Waals surface area (Å²) in [5.41, 5.74) is 12.8. The van der Waals surface area contributed by atoms with Gasteiger partial charge in [0, 0.05) is 13.1 Å². The number of carbonyl (C=O) groups excluding carboxylic acids is 1. The molecule has 1 heterocycles. The van der Waals surface area contributed by atoms with E-state index in [4.69, 9.17) is 16.2 Å². The largest absolute Gasteiger partial charge is 0.460 e. The SMILES string of the molecule is CC(C)(C)OC(=O)C(CN)Cn1c(N)nc2ccccc21. The minimum atomic E-state index is -0.535. The monoisotopic (exact) mass is 290 g/mol. The van der Waals surface area contributed by atoms with Crippen LogP contribution in [0.25, 0.3) is 11.0 Å². The lowest BCUT2D eigenvalue weighted by Gasteiger charge is -2.23. The normalized spacial score (nSPS) is 13.3. The molecule has 1 unspecified atom stereocenters. The molecular formula is C15H22N4O2. The Hall–Kier alpha value is -2.08. The topological polar surface area (TPSA) is 96.2 Å². The Morgan fingerprint density at radius 2 is 2.05 bits per heavy atom. The van der Waals surface area contributed by atoms with E-state index in [2.05, 4.69) is 4.98 Å². The van der Waals surface area contributed by atoms with Crippen LogP contribution in [0.5, 0.6) is 0 Å². The highest BCUT2D eigenvalue weighted by atomic mass is 16.6. The molecule has 0 fully saturated rings. The van der Waals surface area contributed by atoms with Gasteiger partial charge in [-0.2, -0.15) is 0 Å². The van der Waals surface area contributed by atoms with Gasteiger partial charge >= 0.3 is 5.97 Å². The van der Waals surface area contributed by atoms with Crippen molar-refractivity contribution in [2.75, 3.05) is 12.3 Å². The zero-order chi connectivity index (χ0) is 15.6. The van der Waals surface area contributed by atoms with Gasteiger partial charge in [-0.15, -0.1) is 0 Å². The van der Waals surface area contributed by atoms with Crippen LogP contribution in [0.1, 0.15) is 20.8 Å². The second-order valence-corrected chi connectivity index (χ2v) is 6.04. The van der Waals surface area contributed by atoms with E-state index in [9.17, 15) is 4.79 Å². The van der Waals surface area contributed by atoms with Crippen molar-refractivity contribution in [2.45, 2.75) is 32.9 Å². The van der Waals surface area contributed by atoms with Gasteiger partial charge in [0.1, 0.15) is 5.60 Å². The summed E-state index contributed by atoms with van der Waals surface area (Å²) in [6, 6.07) is 7.60. The lowest BCUT2D eigenvalue weighted by Crippen LogP contribution is -2.35. The van der Waals surface area contributed by atoms with Gasteiger partial charge in [-0.1, -0.05) is 12.1 Å². The summed E-state index contributed by atoms with van der Waals surface area (Å²) in [5.74, 6) is -0.399. The molecule has 1 atom stereocenters. The average molecular weight is 290 g/mol. The Morgan fingerprint density at radius 3 is 2.67 bits per heavy atom. The van der Waals surface area contributed by atoms with Crippen LogP contribution in [0.4, 0.5) is 5.95 Å². The molecule has 1 aromatic carbocycles. The highest BCUT2D eigenvalue weighted by Gasteiger charge is 2.25. The summed E-state index contributed by atoms with van der Waals surface area (Å²) in [6.07, 6.45) is 0. The predicted octanol–water partition coefficient (Wildman–Crippen LogP) is 1.54. The zero-order valence-electron chi connectivity index (χ0n) is 12.7. The Balaban J connectivity index is 2.25. The number of benzene rings is 1. The smallest absolute Gasteiger partial charge is 0.312 e. The fourth-order valence-corrected chi connectivity index (χ4v) is 2.14. The Bertz CT molecular complexity index is 643. The molecule has 6 nitrogen and oxygen atoms in total. The standard InChI is InChI=1S/C15H22N4O2/c1-15(2,3)21-13(20)10(8-16)9-19-12-7-5-4-6-11(12)18-14(19)17/h4-7,10H,8-9,16H2,1-3H3,(H2,17,18). The molecule has 0 bridgehead atoms. The van der Waals surface area contributed by atoms with Crippen molar-refractivity contribution in [1.29, 1.82) is 0 Å². The molecule has 2 rings (SSSR count). The molecule has 114 valence electrons. The van der Waals surface area contributed by atoms with Crippen molar-refractivity contribution >= 4 is 23.0 Å². The molecule has 0 radical (unpaired) electrons. The second kappa shape index (κ2) is 5.73. The van der Waals surface area contributed by atoms with E-state index in [1.165, 1.54) is 0 Å². The molecule has 2 aromatic rings. The third kappa shape index (κ3) is 3.52. The van der Waals surface area contributed by atoms with Gasteiger partial charge in [0.25, 0.3) is 0 Å². The van der Waals surface area contributed by atoms with Gasteiger partial charge in [-0.25, -0.2) is 4.98 Å². The number of nitrogen functional groups attached to an aromatic ring is 1.